The van der Waals surface area contributed by atoms with Crippen LogP contribution in [0.15, 0.2) is 30.3 Å². The van der Waals surface area contributed by atoms with Gasteiger partial charge in [-0.2, -0.15) is 0 Å². The first-order valence-corrected chi connectivity index (χ1v) is 7.69. The summed E-state index contributed by atoms with van der Waals surface area (Å²) >= 11 is 0. The van der Waals surface area contributed by atoms with Crippen molar-refractivity contribution in [1.29, 1.82) is 0 Å². The monoisotopic (exact) mass is 263 g/mol. The van der Waals surface area contributed by atoms with Crippen LogP contribution in [0.25, 0.3) is 0 Å². The zero-order valence-corrected chi connectivity index (χ0v) is 12.7. The van der Waals surface area contributed by atoms with E-state index in [2.05, 4.69) is 56.4 Å². The highest BCUT2D eigenvalue weighted by atomic mass is 16.5. The molecule has 0 aliphatic carbocycles. The molecule has 0 aliphatic rings. The zero-order chi connectivity index (χ0) is 13.9. The Morgan fingerprint density at radius 1 is 1.05 bits per heavy atom. The fraction of sp³-hybridized carbons (Fsp3) is 0.647. The average molecular weight is 263 g/mol. The predicted molar refractivity (Wildman–Crippen MR) is 82.7 cm³/mol. The molecule has 0 spiro atoms. The third kappa shape index (κ3) is 5.75. The van der Waals surface area contributed by atoms with Crippen molar-refractivity contribution in [1.82, 2.24) is 5.32 Å². The standard InChI is InChI=1S/C17H29NO/c1-4-12-18-17(14-19-13-5-2)16(6-3)15-10-8-7-9-11-15/h7-11,16-18H,4-6,12-14H2,1-3H3. The minimum atomic E-state index is 0.416. The van der Waals surface area contributed by atoms with E-state index in [1.807, 2.05) is 0 Å². The Kier molecular flexibility index (Phi) is 8.52. The summed E-state index contributed by atoms with van der Waals surface area (Å²) in [5.41, 5.74) is 1.42. The SMILES string of the molecule is CCCNC(COCCC)C(CC)c1ccccc1. The lowest BCUT2D eigenvalue weighted by Crippen LogP contribution is -2.39. The van der Waals surface area contributed by atoms with E-state index in [-0.39, 0.29) is 0 Å². The van der Waals surface area contributed by atoms with Crippen LogP contribution in [0.3, 0.4) is 0 Å². The Morgan fingerprint density at radius 3 is 2.37 bits per heavy atom. The van der Waals surface area contributed by atoms with Crippen molar-refractivity contribution in [3.8, 4) is 0 Å². The highest BCUT2D eigenvalue weighted by Crippen LogP contribution is 2.23. The Balaban J connectivity index is 2.68. The molecule has 2 unspecified atom stereocenters. The second-order valence-electron chi connectivity index (χ2n) is 5.06. The van der Waals surface area contributed by atoms with Gasteiger partial charge in [0.25, 0.3) is 0 Å². The normalized spacial score (nSPS) is 14.3. The van der Waals surface area contributed by atoms with Crippen LogP contribution in [0.4, 0.5) is 0 Å². The average Bonchev–Trinajstić information content (AvgIpc) is 2.46. The largest absolute Gasteiger partial charge is 0.380 e. The van der Waals surface area contributed by atoms with E-state index < -0.39 is 0 Å². The number of ether oxygens (including phenoxy) is 1. The van der Waals surface area contributed by atoms with Crippen molar-refractivity contribution in [2.45, 2.75) is 52.0 Å². The summed E-state index contributed by atoms with van der Waals surface area (Å²) in [5, 5.41) is 3.65. The maximum absolute atomic E-state index is 5.78. The number of benzene rings is 1. The van der Waals surface area contributed by atoms with Gasteiger partial charge in [-0.25, -0.2) is 0 Å². The second kappa shape index (κ2) is 9.99. The van der Waals surface area contributed by atoms with E-state index in [0.717, 1.165) is 39.0 Å². The molecule has 0 aliphatic heterocycles. The molecule has 0 aromatic heterocycles. The quantitative estimate of drug-likeness (QED) is 0.645. The van der Waals surface area contributed by atoms with Crippen LogP contribution >= 0.6 is 0 Å². The first-order valence-electron chi connectivity index (χ1n) is 7.69. The summed E-state index contributed by atoms with van der Waals surface area (Å²) in [4.78, 5) is 0. The molecule has 0 saturated carbocycles. The van der Waals surface area contributed by atoms with Crippen molar-refractivity contribution in [2.24, 2.45) is 0 Å². The van der Waals surface area contributed by atoms with Crippen LogP contribution < -0.4 is 5.32 Å². The van der Waals surface area contributed by atoms with E-state index >= 15 is 0 Å². The van der Waals surface area contributed by atoms with Crippen molar-refractivity contribution < 1.29 is 4.74 Å². The van der Waals surface area contributed by atoms with E-state index in [1.165, 1.54) is 5.56 Å². The van der Waals surface area contributed by atoms with Gasteiger partial charge in [-0.3, -0.25) is 0 Å². The van der Waals surface area contributed by atoms with Crippen LogP contribution in [-0.2, 0) is 4.74 Å². The molecule has 1 aromatic rings. The molecule has 2 heteroatoms. The fourth-order valence-electron chi connectivity index (χ4n) is 2.45. The Bertz CT molecular complexity index is 312. The molecule has 0 radical (unpaired) electrons. The van der Waals surface area contributed by atoms with Gasteiger partial charge in [-0.05, 0) is 31.4 Å². The van der Waals surface area contributed by atoms with Crippen molar-refractivity contribution in [3.63, 3.8) is 0 Å². The van der Waals surface area contributed by atoms with E-state index in [9.17, 15) is 0 Å². The highest BCUT2D eigenvalue weighted by Gasteiger charge is 2.21. The van der Waals surface area contributed by atoms with Crippen LogP contribution in [0.1, 0.15) is 51.5 Å². The molecule has 19 heavy (non-hydrogen) atoms. The van der Waals surface area contributed by atoms with Crippen molar-refractivity contribution >= 4 is 0 Å². The first-order chi connectivity index (χ1) is 9.33. The van der Waals surface area contributed by atoms with Crippen LogP contribution in [0, 0.1) is 0 Å². The van der Waals surface area contributed by atoms with Gasteiger partial charge in [0, 0.05) is 18.6 Å². The maximum Gasteiger partial charge on any atom is 0.0625 e. The van der Waals surface area contributed by atoms with Gasteiger partial charge in [0.2, 0.25) is 0 Å². The van der Waals surface area contributed by atoms with Gasteiger partial charge < -0.3 is 10.1 Å². The third-order valence-corrected chi connectivity index (χ3v) is 3.46. The summed E-state index contributed by atoms with van der Waals surface area (Å²) in [5.74, 6) is 0.532. The molecule has 0 saturated heterocycles. The maximum atomic E-state index is 5.78. The van der Waals surface area contributed by atoms with Crippen LogP contribution in [0.5, 0.6) is 0 Å². The van der Waals surface area contributed by atoms with Gasteiger partial charge >= 0.3 is 0 Å². The van der Waals surface area contributed by atoms with Gasteiger partial charge in [0.1, 0.15) is 0 Å². The predicted octanol–water partition coefficient (Wildman–Crippen LogP) is 3.98. The summed E-state index contributed by atoms with van der Waals surface area (Å²) in [6.45, 7) is 9.35. The van der Waals surface area contributed by atoms with Gasteiger partial charge in [-0.15, -0.1) is 0 Å². The summed E-state index contributed by atoms with van der Waals surface area (Å²) in [6, 6.07) is 11.2. The van der Waals surface area contributed by atoms with Crippen molar-refractivity contribution in [3.05, 3.63) is 35.9 Å². The van der Waals surface area contributed by atoms with Crippen LogP contribution in [0.2, 0.25) is 0 Å². The lowest BCUT2D eigenvalue weighted by molar-refractivity contribution is 0.103. The molecule has 0 fully saturated rings. The summed E-state index contributed by atoms with van der Waals surface area (Å²) in [7, 11) is 0. The minimum Gasteiger partial charge on any atom is -0.380 e. The topological polar surface area (TPSA) is 21.3 Å². The summed E-state index contributed by atoms with van der Waals surface area (Å²) < 4.78 is 5.78. The molecule has 1 aromatic carbocycles. The summed E-state index contributed by atoms with van der Waals surface area (Å²) in [6.07, 6.45) is 3.39. The molecule has 0 bridgehead atoms. The molecule has 1 N–H and O–H groups in total. The van der Waals surface area contributed by atoms with Gasteiger partial charge in [0.15, 0.2) is 0 Å². The minimum absolute atomic E-state index is 0.416. The van der Waals surface area contributed by atoms with Crippen molar-refractivity contribution in [2.75, 3.05) is 19.8 Å². The molecular formula is C17H29NO. The van der Waals surface area contributed by atoms with E-state index in [1.54, 1.807) is 0 Å². The Morgan fingerprint density at radius 2 is 1.79 bits per heavy atom. The first kappa shape index (κ1) is 16.2. The molecule has 108 valence electrons. The van der Waals surface area contributed by atoms with Gasteiger partial charge in [-0.1, -0.05) is 51.1 Å². The van der Waals surface area contributed by atoms with Crippen LogP contribution in [-0.4, -0.2) is 25.8 Å². The lowest BCUT2D eigenvalue weighted by atomic mass is 9.89. The Hall–Kier alpha value is -0.860. The Labute approximate surface area is 118 Å². The third-order valence-electron chi connectivity index (χ3n) is 3.46. The number of nitrogens with one attached hydrogen (secondary N) is 1. The molecule has 2 atom stereocenters. The second-order valence-corrected chi connectivity index (χ2v) is 5.06. The fourth-order valence-corrected chi connectivity index (χ4v) is 2.45. The van der Waals surface area contributed by atoms with E-state index in [4.69, 9.17) is 4.74 Å². The zero-order valence-electron chi connectivity index (χ0n) is 12.7. The lowest BCUT2D eigenvalue weighted by Gasteiger charge is -2.27. The molecule has 0 heterocycles. The smallest absolute Gasteiger partial charge is 0.0625 e. The highest BCUT2D eigenvalue weighted by molar-refractivity contribution is 5.21. The molecule has 1 rings (SSSR count). The molecule has 0 amide bonds. The number of rotatable bonds is 10. The molecule has 2 nitrogen and oxygen atoms in total. The number of hydrogen-bond donors (Lipinski definition) is 1. The van der Waals surface area contributed by atoms with E-state index in [0.29, 0.717) is 12.0 Å². The number of hydrogen-bond acceptors (Lipinski definition) is 2. The molecular weight excluding hydrogens is 234 g/mol. The van der Waals surface area contributed by atoms with Gasteiger partial charge in [0.05, 0.1) is 6.61 Å².